The lowest BCUT2D eigenvalue weighted by atomic mass is 10.2. The summed E-state index contributed by atoms with van der Waals surface area (Å²) in [6.07, 6.45) is 0.345. The van der Waals surface area contributed by atoms with Gasteiger partial charge in [0.25, 0.3) is 5.69 Å². The molecule has 0 fully saturated rings. The number of non-ortho nitro benzene ring substituents is 1. The van der Waals surface area contributed by atoms with Gasteiger partial charge in [-0.15, -0.1) is 0 Å². The van der Waals surface area contributed by atoms with Crippen LogP contribution in [0.5, 0.6) is 0 Å². The highest BCUT2D eigenvalue weighted by atomic mass is 16.6. The van der Waals surface area contributed by atoms with Crippen molar-refractivity contribution in [1.29, 1.82) is 0 Å². The highest BCUT2D eigenvalue weighted by molar-refractivity contribution is 5.69. The molecule has 0 heterocycles. The topological polar surface area (TPSA) is 72.7 Å². The van der Waals surface area contributed by atoms with Crippen LogP contribution in [0, 0.1) is 10.1 Å². The van der Waals surface area contributed by atoms with E-state index in [1.165, 1.54) is 12.1 Å². The lowest BCUT2D eigenvalue weighted by Crippen LogP contribution is -2.22. The number of nitrogens with zero attached hydrogens (tertiary/aromatic N) is 2. The number of carbonyl (C=O) groups excluding carboxylic acids is 1. The Labute approximate surface area is 112 Å². The molecular formula is C13H18N2O4. The summed E-state index contributed by atoms with van der Waals surface area (Å²) in [5.74, 6) is -0.210. The molecule has 104 valence electrons. The lowest BCUT2D eigenvalue weighted by molar-refractivity contribution is -0.384. The van der Waals surface area contributed by atoms with E-state index in [0.29, 0.717) is 26.1 Å². The molecule has 0 bridgehead atoms. The fourth-order valence-electron chi connectivity index (χ4n) is 1.63. The molecule has 6 nitrogen and oxygen atoms in total. The average molecular weight is 266 g/mol. The van der Waals surface area contributed by atoms with Crippen molar-refractivity contribution in [2.75, 3.05) is 20.2 Å². The zero-order valence-corrected chi connectivity index (χ0v) is 11.2. The third-order valence-corrected chi connectivity index (χ3v) is 2.60. The quantitative estimate of drug-likeness (QED) is 0.428. The number of carbonyl (C=O) groups is 1. The molecule has 1 rings (SSSR count). The number of nitro benzene ring substituents is 1. The van der Waals surface area contributed by atoms with Crippen LogP contribution in [0.3, 0.4) is 0 Å². The zero-order valence-electron chi connectivity index (χ0n) is 11.2. The molecule has 1 aromatic rings. The van der Waals surface area contributed by atoms with Crippen LogP contribution in [0.25, 0.3) is 0 Å². The monoisotopic (exact) mass is 266 g/mol. The molecule has 0 aliphatic heterocycles. The Morgan fingerprint density at radius 2 is 2.00 bits per heavy atom. The first-order valence-electron chi connectivity index (χ1n) is 6.10. The molecule has 0 aliphatic carbocycles. The first-order valence-corrected chi connectivity index (χ1v) is 6.10. The summed E-state index contributed by atoms with van der Waals surface area (Å²) < 4.78 is 4.84. The van der Waals surface area contributed by atoms with Crippen LogP contribution in [0.4, 0.5) is 5.69 Å². The van der Waals surface area contributed by atoms with Crippen molar-refractivity contribution in [2.45, 2.75) is 19.9 Å². The van der Waals surface area contributed by atoms with Crippen LogP contribution in [0.15, 0.2) is 24.3 Å². The molecule has 6 heteroatoms. The SMILES string of the molecule is CCOC(=O)CCN(C)Cc1ccc([N+](=O)[O-])cc1. The molecule has 0 amide bonds. The molecule has 0 aliphatic rings. The van der Waals surface area contributed by atoms with Gasteiger partial charge in [0, 0.05) is 25.2 Å². The number of rotatable bonds is 7. The standard InChI is InChI=1S/C13H18N2O4/c1-3-19-13(16)8-9-14(2)10-11-4-6-12(7-5-11)15(17)18/h4-7H,3,8-10H2,1-2H3. The second kappa shape index (κ2) is 7.48. The summed E-state index contributed by atoms with van der Waals surface area (Å²) in [6, 6.07) is 6.40. The van der Waals surface area contributed by atoms with E-state index in [1.54, 1.807) is 19.1 Å². The molecule has 0 spiro atoms. The largest absolute Gasteiger partial charge is 0.466 e. The van der Waals surface area contributed by atoms with Crippen LogP contribution >= 0.6 is 0 Å². The minimum atomic E-state index is -0.422. The van der Waals surface area contributed by atoms with E-state index in [1.807, 2.05) is 11.9 Å². The Morgan fingerprint density at radius 3 is 2.53 bits per heavy atom. The lowest BCUT2D eigenvalue weighted by Gasteiger charge is -2.15. The number of benzene rings is 1. The minimum absolute atomic E-state index is 0.0814. The summed E-state index contributed by atoms with van der Waals surface area (Å²) in [5.41, 5.74) is 1.05. The average Bonchev–Trinajstić information content (AvgIpc) is 2.37. The highest BCUT2D eigenvalue weighted by Gasteiger charge is 2.07. The number of esters is 1. The van der Waals surface area contributed by atoms with Gasteiger partial charge < -0.3 is 9.64 Å². The molecule has 0 aromatic heterocycles. The van der Waals surface area contributed by atoms with Gasteiger partial charge in [-0.05, 0) is 19.5 Å². The van der Waals surface area contributed by atoms with Gasteiger partial charge in [0.15, 0.2) is 0 Å². The van der Waals surface area contributed by atoms with Crippen molar-refractivity contribution in [3.8, 4) is 0 Å². The third-order valence-electron chi connectivity index (χ3n) is 2.60. The van der Waals surface area contributed by atoms with Crippen molar-refractivity contribution in [1.82, 2.24) is 4.90 Å². The summed E-state index contributed by atoms with van der Waals surface area (Å²) >= 11 is 0. The van der Waals surface area contributed by atoms with Gasteiger partial charge in [0.05, 0.1) is 18.0 Å². The van der Waals surface area contributed by atoms with Gasteiger partial charge in [-0.1, -0.05) is 12.1 Å². The Hall–Kier alpha value is -1.95. The molecular weight excluding hydrogens is 248 g/mol. The third kappa shape index (κ3) is 5.48. The van der Waals surface area contributed by atoms with Gasteiger partial charge in [-0.2, -0.15) is 0 Å². The second-order valence-corrected chi connectivity index (χ2v) is 4.22. The highest BCUT2D eigenvalue weighted by Crippen LogP contribution is 2.13. The van der Waals surface area contributed by atoms with E-state index in [9.17, 15) is 14.9 Å². The van der Waals surface area contributed by atoms with E-state index < -0.39 is 4.92 Å². The molecule has 0 N–H and O–H groups in total. The van der Waals surface area contributed by atoms with Crippen LogP contribution in [-0.4, -0.2) is 36.0 Å². The summed E-state index contributed by atoms with van der Waals surface area (Å²) in [5, 5.41) is 10.5. The van der Waals surface area contributed by atoms with Crippen LogP contribution < -0.4 is 0 Å². The maximum absolute atomic E-state index is 11.2. The Bertz CT molecular complexity index is 431. The predicted molar refractivity (Wildman–Crippen MR) is 70.7 cm³/mol. The van der Waals surface area contributed by atoms with Crippen molar-refractivity contribution >= 4 is 11.7 Å². The number of nitro groups is 1. The number of ether oxygens (including phenoxy) is 1. The smallest absolute Gasteiger partial charge is 0.307 e. The van der Waals surface area contributed by atoms with Crippen LogP contribution in [0.2, 0.25) is 0 Å². The van der Waals surface area contributed by atoms with E-state index in [4.69, 9.17) is 4.74 Å². The summed E-state index contributed by atoms with van der Waals surface area (Å²) in [7, 11) is 1.89. The van der Waals surface area contributed by atoms with Gasteiger partial charge in [-0.25, -0.2) is 0 Å². The maximum Gasteiger partial charge on any atom is 0.307 e. The summed E-state index contributed by atoms with van der Waals surface area (Å²) in [6.45, 7) is 3.40. The first kappa shape index (κ1) is 15.1. The van der Waals surface area contributed by atoms with Crippen molar-refractivity contribution in [3.05, 3.63) is 39.9 Å². The van der Waals surface area contributed by atoms with Gasteiger partial charge in [0.1, 0.15) is 0 Å². The fourth-order valence-corrected chi connectivity index (χ4v) is 1.63. The van der Waals surface area contributed by atoms with Gasteiger partial charge >= 0.3 is 5.97 Å². The second-order valence-electron chi connectivity index (χ2n) is 4.22. The molecule has 0 unspecified atom stereocenters. The molecule has 0 saturated heterocycles. The number of hydrogen-bond acceptors (Lipinski definition) is 5. The maximum atomic E-state index is 11.2. The molecule has 19 heavy (non-hydrogen) atoms. The van der Waals surface area contributed by atoms with Crippen molar-refractivity contribution < 1.29 is 14.5 Å². The Morgan fingerprint density at radius 1 is 1.37 bits per heavy atom. The predicted octanol–water partition coefficient (Wildman–Crippen LogP) is 1.98. The van der Waals surface area contributed by atoms with E-state index in [0.717, 1.165) is 5.56 Å². The molecule has 0 radical (unpaired) electrons. The van der Waals surface area contributed by atoms with Gasteiger partial charge in [0.2, 0.25) is 0 Å². The fraction of sp³-hybridized carbons (Fsp3) is 0.462. The minimum Gasteiger partial charge on any atom is -0.466 e. The van der Waals surface area contributed by atoms with Crippen molar-refractivity contribution in [3.63, 3.8) is 0 Å². The normalized spacial score (nSPS) is 10.5. The van der Waals surface area contributed by atoms with Crippen LogP contribution in [-0.2, 0) is 16.1 Å². The number of hydrogen-bond donors (Lipinski definition) is 0. The van der Waals surface area contributed by atoms with E-state index in [-0.39, 0.29) is 11.7 Å². The van der Waals surface area contributed by atoms with Crippen molar-refractivity contribution in [2.24, 2.45) is 0 Å². The molecule has 0 saturated carbocycles. The molecule has 0 atom stereocenters. The van der Waals surface area contributed by atoms with Gasteiger partial charge in [-0.3, -0.25) is 14.9 Å². The van der Waals surface area contributed by atoms with E-state index in [2.05, 4.69) is 0 Å². The Balaban J connectivity index is 2.41. The zero-order chi connectivity index (χ0) is 14.3. The summed E-state index contributed by atoms with van der Waals surface area (Å²) in [4.78, 5) is 23.3. The molecule has 1 aromatic carbocycles. The van der Waals surface area contributed by atoms with Crippen LogP contribution in [0.1, 0.15) is 18.9 Å². The Kier molecular flexibility index (Phi) is 5.95. The van der Waals surface area contributed by atoms with E-state index >= 15 is 0 Å². The first-order chi connectivity index (χ1) is 9.02.